The number of carbonyl (C=O) groups is 2. The molecular formula is C19H32N6O4. The van der Waals surface area contributed by atoms with Crippen molar-refractivity contribution in [3.63, 3.8) is 0 Å². The van der Waals surface area contributed by atoms with Gasteiger partial charge in [0.05, 0.1) is 13.2 Å². The number of H-pyrrole nitrogens is 1. The van der Waals surface area contributed by atoms with E-state index >= 15 is 0 Å². The molecule has 0 radical (unpaired) electrons. The number of nitrogens with zero attached hydrogens (tertiary/aromatic N) is 3. The van der Waals surface area contributed by atoms with E-state index in [4.69, 9.17) is 12.2 Å². The van der Waals surface area contributed by atoms with Crippen LogP contribution in [-0.2, 0) is 20.7 Å². The molecule has 0 aromatic carbocycles. The van der Waals surface area contributed by atoms with E-state index in [0.717, 1.165) is 32.1 Å². The standard InChI is InChI=1S/C19H32N6O4/c1-2-28-19(27)20-8-3-9-29-18(26)16-11-15-10-13(4-6-14(15)12-21-16)5-7-17-22-24-25-23-17/h13-16,21H,2-12H2,1H3,(H,20,27)(H,22,23,24,25)/t13-,14+,15-,16+/m1/s1/i12D2. The Hall–Kier alpha value is -2.23. The Kier molecular flexibility index (Phi) is 7.18. The molecule has 0 spiro atoms. The number of hydrogen-bond donors (Lipinski definition) is 3. The first-order chi connectivity index (χ1) is 14.9. The summed E-state index contributed by atoms with van der Waals surface area (Å²) in [5.41, 5.74) is 0. The van der Waals surface area contributed by atoms with Crippen LogP contribution in [0.2, 0.25) is 0 Å². The molecule has 29 heavy (non-hydrogen) atoms. The number of piperidine rings is 1. The third-order valence-electron chi connectivity index (χ3n) is 5.63. The van der Waals surface area contributed by atoms with E-state index < -0.39 is 24.6 Å². The molecule has 1 amide bonds. The van der Waals surface area contributed by atoms with E-state index in [-0.39, 0.29) is 18.4 Å². The smallest absolute Gasteiger partial charge is 0.407 e. The lowest BCUT2D eigenvalue weighted by Gasteiger charge is -2.42. The summed E-state index contributed by atoms with van der Waals surface area (Å²) in [6.07, 6.45) is 4.87. The molecule has 2 aliphatic rings. The summed E-state index contributed by atoms with van der Waals surface area (Å²) >= 11 is 0. The van der Waals surface area contributed by atoms with Crippen molar-refractivity contribution in [2.75, 3.05) is 26.3 Å². The minimum Gasteiger partial charge on any atom is -0.464 e. The number of carbonyl (C=O) groups excluding carboxylic acids is 2. The van der Waals surface area contributed by atoms with Crippen molar-refractivity contribution in [3.05, 3.63) is 5.82 Å². The van der Waals surface area contributed by atoms with Crippen molar-refractivity contribution < 1.29 is 21.8 Å². The summed E-state index contributed by atoms with van der Waals surface area (Å²) in [5.74, 6) is 0.739. The number of amides is 1. The van der Waals surface area contributed by atoms with Crippen LogP contribution >= 0.6 is 0 Å². The summed E-state index contributed by atoms with van der Waals surface area (Å²) in [7, 11) is 0. The first kappa shape index (κ1) is 18.8. The molecular weight excluding hydrogens is 376 g/mol. The second-order valence-corrected chi connectivity index (χ2v) is 7.66. The highest BCUT2D eigenvalue weighted by molar-refractivity contribution is 5.76. The van der Waals surface area contributed by atoms with Crippen LogP contribution in [0.4, 0.5) is 4.79 Å². The van der Waals surface area contributed by atoms with Gasteiger partial charge in [0.1, 0.15) is 6.04 Å². The number of fused-ring (bicyclic) bond motifs is 1. The fourth-order valence-electron chi connectivity index (χ4n) is 4.14. The van der Waals surface area contributed by atoms with Crippen molar-refractivity contribution in [3.8, 4) is 0 Å². The van der Waals surface area contributed by atoms with Crippen LogP contribution in [0.5, 0.6) is 0 Å². The summed E-state index contributed by atoms with van der Waals surface area (Å²) in [5, 5.41) is 19.5. The van der Waals surface area contributed by atoms with Crippen LogP contribution in [0.1, 0.15) is 54.0 Å². The monoisotopic (exact) mass is 410 g/mol. The fourth-order valence-corrected chi connectivity index (χ4v) is 4.14. The van der Waals surface area contributed by atoms with Crippen LogP contribution in [0, 0.1) is 17.8 Å². The number of aromatic amines is 1. The molecule has 10 nitrogen and oxygen atoms in total. The molecule has 2 fully saturated rings. The maximum absolute atomic E-state index is 12.5. The Morgan fingerprint density at radius 2 is 2.17 bits per heavy atom. The average Bonchev–Trinajstić information content (AvgIpc) is 3.25. The fraction of sp³-hybridized carbons (Fsp3) is 0.842. The maximum Gasteiger partial charge on any atom is 0.407 e. The first-order valence-electron chi connectivity index (χ1n) is 11.5. The molecule has 3 N–H and O–H groups in total. The molecule has 0 bridgehead atoms. The average molecular weight is 411 g/mol. The van der Waals surface area contributed by atoms with Gasteiger partial charge < -0.3 is 20.1 Å². The summed E-state index contributed by atoms with van der Waals surface area (Å²) in [6, 6.07) is -0.662. The van der Waals surface area contributed by atoms with Gasteiger partial charge in [0.2, 0.25) is 0 Å². The highest BCUT2D eigenvalue weighted by atomic mass is 16.5. The minimum absolute atomic E-state index is 0.105. The number of alkyl carbamates (subject to hydrolysis) is 1. The molecule has 1 aromatic heterocycles. The SMILES string of the molecule is [2H]C1([2H])N[C@H](C(=O)OCCCNC(=O)OCC)C[C@H]2C[C@@H](CCc3nn[nH]n3)CC[C@H]21. The van der Waals surface area contributed by atoms with Crippen molar-refractivity contribution in [1.82, 2.24) is 31.3 Å². The van der Waals surface area contributed by atoms with E-state index in [1.807, 2.05) is 0 Å². The van der Waals surface area contributed by atoms with Gasteiger partial charge in [-0.3, -0.25) is 4.79 Å². The molecule has 10 heteroatoms. The summed E-state index contributed by atoms with van der Waals surface area (Å²) in [6.45, 7) is 0.933. The Morgan fingerprint density at radius 3 is 2.97 bits per heavy atom. The van der Waals surface area contributed by atoms with E-state index in [9.17, 15) is 9.59 Å². The van der Waals surface area contributed by atoms with Gasteiger partial charge in [-0.15, -0.1) is 10.2 Å². The Bertz CT molecular complexity index is 720. The summed E-state index contributed by atoms with van der Waals surface area (Å²) < 4.78 is 27.0. The maximum atomic E-state index is 12.5. The van der Waals surface area contributed by atoms with E-state index in [1.54, 1.807) is 6.92 Å². The number of nitrogens with one attached hydrogen (secondary N) is 3. The third kappa shape index (κ3) is 6.66. The molecule has 2 heterocycles. The quantitative estimate of drug-likeness (QED) is 0.409. The summed E-state index contributed by atoms with van der Waals surface area (Å²) in [4.78, 5) is 23.8. The van der Waals surface area contributed by atoms with Gasteiger partial charge in [0, 0.05) is 15.7 Å². The zero-order chi connectivity index (χ0) is 22.3. The van der Waals surface area contributed by atoms with Gasteiger partial charge in [-0.2, -0.15) is 5.21 Å². The molecule has 3 rings (SSSR count). The zero-order valence-electron chi connectivity index (χ0n) is 18.9. The largest absolute Gasteiger partial charge is 0.464 e. The van der Waals surface area contributed by atoms with Crippen LogP contribution < -0.4 is 10.6 Å². The number of hydrogen-bond acceptors (Lipinski definition) is 8. The van der Waals surface area contributed by atoms with Gasteiger partial charge in [-0.25, -0.2) is 4.79 Å². The molecule has 1 aromatic rings. The Balaban J connectivity index is 1.44. The van der Waals surface area contributed by atoms with Crippen molar-refractivity contribution in [2.45, 2.75) is 57.9 Å². The van der Waals surface area contributed by atoms with Gasteiger partial charge in [-0.05, 0) is 63.3 Å². The highest BCUT2D eigenvalue weighted by Gasteiger charge is 2.38. The second kappa shape index (κ2) is 11.1. The van der Waals surface area contributed by atoms with Gasteiger partial charge in [0.25, 0.3) is 0 Å². The van der Waals surface area contributed by atoms with Crippen molar-refractivity contribution in [1.29, 1.82) is 0 Å². The molecule has 4 atom stereocenters. The van der Waals surface area contributed by atoms with Gasteiger partial charge >= 0.3 is 12.1 Å². The molecule has 0 unspecified atom stereocenters. The Labute approximate surface area is 173 Å². The van der Waals surface area contributed by atoms with Crippen LogP contribution in [0.15, 0.2) is 0 Å². The molecule has 1 saturated heterocycles. The van der Waals surface area contributed by atoms with Gasteiger partial charge in [-0.1, -0.05) is 11.6 Å². The lowest BCUT2D eigenvalue weighted by Crippen LogP contribution is -2.50. The van der Waals surface area contributed by atoms with Crippen molar-refractivity contribution in [2.24, 2.45) is 17.8 Å². The Morgan fingerprint density at radius 1 is 1.28 bits per heavy atom. The molecule has 1 saturated carbocycles. The van der Waals surface area contributed by atoms with E-state index in [2.05, 4.69) is 31.3 Å². The topological polar surface area (TPSA) is 131 Å². The van der Waals surface area contributed by atoms with E-state index in [0.29, 0.717) is 37.7 Å². The van der Waals surface area contributed by atoms with Gasteiger partial charge in [0.15, 0.2) is 5.82 Å². The predicted octanol–water partition coefficient (Wildman–Crippen LogP) is 1.21. The number of aromatic nitrogens is 4. The number of esters is 1. The van der Waals surface area contributed by atoms with Crippen molar-refractivity contribution >= 4 is 12.1 Å². The predicted molar refractivity (Wildman–Crippen MR) is 104 cm³/mol. The first-order valence-corrected chi connectivity index (χ1v) is 10.5. The second-order valence-electron chi connectivity index (χ2n) is 7.66. The third-order valence-corrected chi connectivity index (χ3v) is 5.63. The number of rotatable bonds is 9. The highest BCUT2D eigenvalue weighted by Crippen LogP contribution is 2.40. The molecule has 1 aliphatic carbocycles. The van der Waals surface area contributed by atoms with Crippen LogP contribution in [0.3, 0.4) is 0 Å². The number of ether oxygens (including phenoxy) is 2. The number of aryl methyl sites for hydroxylation is 1. The normalized spacial score (nSPS) is 29.1. The van der Waals surface area contributed by atoms with Crippen LogP contribution in [0.25, 0.3) is 0 Å². The molecule has 162 valence electrons. The molecule has 1 aliphatic heterocycles. The van der Waals surface area contributed by atoms with Crippen LogP contribution in [-0.4, -0.2) is 65.0 Å². The van der Waals surface area contributed by atoms with E-state index in [1.165, 1.54) is 0 Å². The number of tetrazole rings is 1. The zero-order valence-corrected chi connectivity index (χ0v) is 16.9. The lowest BCUT2D eigenvalue weighted by molar-refractivity contribution is -0.148. The minimum atomic E-state index is -1.60. The lowest BCUT2D eigenvalue weighted by atomic mass is 9.69.